The molecule has 0 unspecified atom stereocenters. The Morgan fingerprint density at radius 1 is 1.17 bits per heavy atom. The molecule has 1 fully saturated rings. The first-order valence-electron chi connectivity index (χ1n) is 6.61. The summed E-state index contributed by atoms with van der Waals surface area (Å²) in [5.74, 6) is -0.125. The Morgan fingerprint density at radius 2 is 1.89 bits per heavy atom. The first kappa shape index (κ1) is 13.3. The lowest BCUT2D eigenvalue weighted by Gasteiger charge is -2.36. The number of para-hydroxylation sites is 1. The Morgan fingerprint density at radius 3 is 2.56 bits per heavy atom. The first-order chi connectivity index (χ1) is 8.81. The molecule has 1 aromatic carbocycles. The van der Waals surface area contributed by atoms with Gasteiger partial charge < -0.3 is 9.64 Å². The van der Waals surface area contributed by atoms with Crippen molar-refractivity contribution in [2.45, 2.75) is 6.92 Å². The number of anilines is 1. The van der Waals surface area contributed by atoms with E-state index in [1.165, 1.54) is 6.07 Å². The predicted octanol–water partition coefficient (Wildman–Crippen LogP) is 1.98. The van der Waals surface area contributed by atoms with Crippen LogP contribution in [0.3, 0.4) is 0 Å². The highest BCUT2D eigenvalue weighted by atomic mass is 19.1. The van der Waals surface area contributed by atoms with Crippen molar-refractivity contribution >= 4 is 5.69 Å². The molecular formula is C14H21FN2O. The van der Waals surface area contributed by atoms with Crippen molar-refractivity contribution in [2.75, 3.05) is 50.8 Å². The molecule has 1 saturated heterocycles. The summed E-state index contributed by atoms with van der Waals surface area (Å²) in [5.41, 5.74) is 0.724. The maximum atomic E-state index is 13.6. The van der Waals surface area contributed by atoms with Crippen LogP contribution >= 0.6 is 0 Å². The molecule has 1 aliphatic rings. The molecule has 4 heteroatoms. The second-order valence-corrected chi connectivity index (χ2v) is 4.48. The third-order valence-electron chi connectivity index (χ3n) is 3.32. The number of piperazine rings is 1. The average Bonchev–Trinajstić information content (AvgIpc) is 2.41. The summed E-state index contributed by atoms with van der Waals surface area (Å²) in [6, 6.07) is 7.00. The molecule has 100 valence electrons. The van der Waals surface area contributed by atoms with Gasteiger partial charge in [-0.2, -0.15) is 0 Å². The van der Waals surface area contributed by atoms with Gasteiger partial charge in [-0.25, -0.2) is 4.39 Å². The molecule has 0 aromatic heterocycles. The van der Waals surface area contributed by atoms with Crippen molar-refractivity contribution in [3.05, 3.63) is 30.1 Å². The lowest BCUT2D eigenvalue weighted by Crippen LogP contribution is -2.47. The second-order valence-electron chi connectivity index (χ2n) is 4.48. The minimum absolute atomic E-state index is 0.125. The number of halogens is 1. The SMILES string of the molecule is CCOCCN1CCN(c2ccccc2F)CC1. The molecule has 0 spiro atoms. The average molecular weight is 252 g/mol. The number of hydrogen-bond donors (Lipinski definition) is 0. The first-order valence-corrected chi connectivity index (χ1v) is 6.61. The number of ether oxygens (including phenoxy) is 1. The Labute approximate surface area is 108 Å². The summed E-state index contributed by atoms with van der Waals surface area (Å²) >= 11 is 0. The van der Waals surface area contributed by atoms with Gasteiger partial charge in [0.15, 0.2) is 0 Å². The summed E-state index contributed by atoms with van der Waals surface area (Å²) in [4.78, 5) is 4.49. The van der Waals surface area contributed by atoms with E-state index in [1.807, 2.05) is 19.1 Å². The van der Waals surface area contributed by atoms with Gasteiger partial charge in [-0.1, -0.05) is 12.1 Å². The third-order valence-corrected chi connectivity index (χ3v) is 3.32. The highest BCUT2D eigenvalue weighted by Crippen LogP contribution is 2.19. The van der Waals surface area contributed by atoms with E-state index in [2.05, 4.69) is 9.80 Å². The lowest BCUT2D eigenvalue weighted by molar-refractivity contribution is 0.111. The van der Waals surface area contributed by atoms with Crippen LogP contribution in [0, 0.1) is 5.82 Å². The molecule has 0 radical (unpaired) electrons. The van der Waals surface area contributed by atoms with E-state index in [1.54, 1.807) is 6.07 Å². The van der Waals surface area contributed by atoms with Gasteiger partial charge in [0.2, 0.25) is 0 Å². The minimum Gasteiger partial charge on any atom is -0.380 e. The Hall–Kier alpha value is -1.13. The Balaban J connectivity index is 1.81. The van der Waals surface area contributed by atoms with E-state index in [0.717, 1.165) is 51.6 Å². The summed E-state index contributed by atoms with van der Waals surface area (Å²) in [6.07, 6.45) is 0. The van der Waals surface area contributed by atoms with E-state index in [0.29, 0.717) is 0 Å². The summed E-state index contributed by atoms with van der Waals surface area (Å²) in [7, 11) is 0. The van der Waals surface area contributed by atoms with Gasteiger partial charge in [0.05, 0.1) is 12.3 Å². The standard InChI is InChI=1S/C14H21FN2O/c1-2-18-12-11-16-7-9-17(10-8-16)14-6-4-3-5-13(14)15/h3-6H,2,7-12H2,1H3. The third kappa shape index (κ3) is 3.43. The molecular weight excluding hydrogens is 231 g/mol. The minimum atomic E-state index is -0.125. The van der Waals surface area contributed by atoms with E-state index in [-0.39, 0.29) is 5.82 Å². The van der Waals surface area contributed by atoms with E-state index < -0.39 is 0 Å². The molecule has 3 nitrogen and oxygen atoms in total. The highest BCUT2D eigenvalue weighted by molar-refractivity contribution is 5.47. The zero-order valence-corrected chi connectivity index (χ0v) is 10.9. The number of hydrogen-bond acceptors (Lipinski definition) is 3. The van der Waals surface area contributed by atoms with Crippen molar-refractivity contribution in [2.24, 2.45) is 0 Å². The summed E-state index contributed by atoms with van der Waals surface area (Å²) < 4.78 is 19.0. The van der Waals surface area contributed by atoms with Gasteiger partial charge in [0, 0.05) is 39.3 Å². The van der Waals surface area contributed by atoms with Gasteiger partial charge in [-0.05, 0) is 19.1 Å². The fraction of sp³-hybridized carbons (Fsp3) is 0.571. The van der Waals surface area contributed by atoms with E-state index >= 15 is 0 Å². The van der Waals surface area contributed by atoms with Crippen molar-refractivity contribution < 1.29 is 9.13 Å². The van der Waals surface area contributed by atoms with Crippen LogP contribution in [0.25, 0.3) is 0 Å². The molecule has 0 bridgehead atoms. The van der Waals surface area contributed by atoms with Gasteiger partial charge in [-0.3, -0.25) is 4.90 Å². The van der Waals surface area contributed by atoms with Crippen molar-refractivity contribution in [1.29, 1.82) is 0 Å². The lowest BCUT2D eigenvalue weighted by atomic mass is 10.2. The topological polar surface area (TPSA) is 15.7 Å². The number of rotatable bonds is 5. The summed E-state index contributed by atoms with van der Waals surface area (Å²) in [6.45, 7) is 8.25. The Kier molecular flexibility index (Phi) is 4.96. The smallest absolute Gasteiger partial charge is 0.146 e. The molecule has 1 aliphatic heterocycles. The fourth-order valence-electron chi connectivity index (χ4n) is 2.26. The van der Waals surface area contributed by atoms with Crippen LogP contribution in [0.1, 0.15) is 6.92 Å². The zero-order valence-electron chi connectivity index (χ0n) is 10.9. The zero-order chi connectivity index (χ0) is 12.8. The van der Waals surface area contributed by atoms with Crippen LogP contribution in [0.4, 0.5) is 10.1 Å². The van der Waals surface area contributed by atoms with Crippen LogP contribution in [0.2, 0.25) is 0 Å². The predicted molar refractivity (Wildman–Crippen MR) is 71.5 cm³/mol. The quantitative estimate of drug-likeness (QED) is 0.745. The van der Waals surface area contributed by atoms with Gasteiger partial charge in [0.25, 0.3) is 0 Å². The molecule has 0 aliphatic carbocycles. The monoisotopic (exact) mass is 252 g/mol. The van der Waals surface area contributed by atoms with Crippen molar-refractivity contribution in [3.63, 3.8) is 0 Å². The van der Waals surface area contributed by atoms with Crippen LogP contribution < -0.4 is 4.90 Å². The van der Waals surface area contributed by atoms with Gasteiger partial charge >= 0.3 is 0 Å². The number of benzene rings is 1. The van der Waals surface area contributed by atoms with Crippen LogP contribution in [-0.2, 0) is 4.74 Å². The molecule has 0 saturated carbocycles. The molecule has 18 heavy (non-hydrogen) atoms. The largest absolute Gasteiger partial charge is 0.380 e. The molecule has 0 amide bonds. The molecule has 1 heterocycles. The second kappa shape index (κ2) is 6.71. The van der Waals surface area contributed by atoms with Crippen LogP contribution in [0.5, 0.6) is 0 Å². The van der Waals surface area contributed by atoms with E-state index in [9.17, 15) is 4.39 Å². The highest BCUT2D eigenvalue weighted by Gasteiger charge is 2.18. The number of nitrogens with zero attached hydrogens (tertiary/aromatic N) is 2. The van der Waals surface area contributed by atoms with Gasteiger partial charge in [-0.15, -0.1) is 0 Å². The molecule has 0 atom stereocenters. The maximum Gasteiger partial charge on any atom is 0.146 e. The van der Waals surface area contributed by atoms with Gasteiger partial charge in [0.1, 0.15) is 5.82 Å². The fourth-order valence-corrected chi connectivity index (χ4v) is 2.26. The molecule has 0 N–H and O–H groups in total. The summed E-state index contributed by atoms with van der Waals surface area (Å²) in [5, 5.41) is 0. The van der Waals surface area contributed by atoms with E-state index in [4.69, 9.17) is 4.74 Å². The van der Waals surface area contributed by atoms with Crippen LogP contribution in [-0.4, -0.2) is 50.8 Å². The van der Waals surface area contributed by atoms with Crippen molar-refractivity contribution in [3.8, 4) is 0 Å². The maximum absolute atomic E-state index is 13.6. The molecule has 2 rings (SSSR count). The Bertz CT molecular complexity index is 365. The van der Waals surface area contributed by atoms with Crippen molar-refractivity contribution in [1.82, 2.24) is 4.90 Å². The molecule has 1 aromatic rings. The normalized spacial score (nSPS) is 17.1. The van der Waals surface area contributed by atoms with Crippen LogP contribution in [0.15, 0.2) is 24.3 Å².